The first-order valence-corrected chi connectivity index (χ1v) is 5.10. The molecule has 0 bridgehead atoms. The quantitative estimate of drug-likeness (QED) is 0.647. The Hall–Kier alpha value is -1.02. The van der Waals surface area contributed by atoms with Crippen LogP contribution in [-0.2, 0) is 0 Å². The number of hydrogen-bond acceptors (Lipinski definition) is 2. The summed E-state index contributed by atoms with van der Waals surface area (Å²) in [6, 6.07) is 6.32. The zero-order chi connectivity index (χ0) is 10.3. The molecule has 1 nitrogen and oxygen atoms in total. The Bertz CT molecular complexity index is 456. The molecule has 0 unspecified atom stereocenters. The van der Waals surface area contributed by atoms with Crippen molar-refractivity contribution in [3.05, 3.63) is 35.0 Å². The van der Waals surface area contributed by atoms with Crippen LogP contribution in [0, 0.1) is 20.8 Å². The first-order chi connectivity index (χ1) is 6.58. The number of aromatic nitrogens is 1. The Balaban J connectivity index is 2.94. The molecule has 0 spiro atoms. The molecule has 0 aliphatic carbocycles. The van der Waals surface area contributed by atoms with E-state index in [0.29, 0.717) is 0 Å². The maximum atomic E-state index is 4.50. The summed E-state index contributed by atoms with van der Waals surface area (Å²) in [7, 11) is 0. The Kier molecular flexibility index (Phi) is 2.23. The molecule has 2 aromatic rings. The van der Waals surface area contributed by atoms with E-state index in [1.807, 2.05) is 6.92 Å². The Labute approximate surface area is 89.6 Å². The molecule has 0 atom stereocenters. The van der Waals surface area contributed by atoms with Crippen molar-refractivity contribution >= 4 is 23.5 Å². The minimum atomic E-state index is 0.965. The molecule has 0 radical (unpaired) electrons. The highest BCUT2D eigenvalue weighted by molar-refractivity contribution is 7.80. The molecule has 1 aromatic heterocycles. The Morgan fingerprint density at radius 1 is 1.07 bits per heavy atom. The summed E-state index contributed by atoms with van der Waals surface area (Å²) in [6.45, 7) is 6.21. The van der Waals surface area contributed by atoms with Gasteiger partial charge in [-0.05, 0) is 50.1 Å². The molecule has 0 aliphatic heterocycles. The van der Waals surface area contributed by atoms with E-state index in [9.17, 15) is 0 Å². The maximum absolute atomic E-state index is 4.50. The van der Waals surface area contributed by atoms with Gasteiger partial charge in [0.25, 0.3) is 0 Å². The van der Waals surface area contributed by atoms with Gasteiger partial charge in [0.1, 0.15) is 0 Å². The summed E-state index contributed by atoms with van der Waals surface area (Å²) in [6.07, 6.45) is 0. The number of aryl methyl sites for hydroxylation is 3. The molecule has 0 aliphatic rings. The number of nitrogens with zero attached hydrogens (tertiary/aromatic N) is 1. The van der Waals surface area contributed by atoms with Gasteiger partial charge in [0.2, 0.25) is 0 Å². The molecule has 1 aromatic carbocycles. The number of thiol groups is 1. The van der Waals surface area contributed by atoms with Gasteiger partial charge < -0.3 is 0 Å². The normalized spacial score (nSPS) is 10.9. The summed E-state index contributed by atoms with van der Waals surface area (Å²) in [5, 5.41) is 1.21. The second-order valence-corrected chi connectivity index (χ2v) is 4.24. The van der Waals surface area contributed by atoms with Crippen LogP contribution in [0.5, 0.6) is 0 Å². The second-order valence-electron chi connectivity index (χ2n) is 3.76. The van der Waals surface area contributed by atoms with E-state index in [1.54, 1.807) is 0 Å². The zero-order valence-electron chi connectivity index (χ0n) is 8.63. The largest absolute Gasteiger partial charge is 0.252 e. The van der Waals surface area contributed by atoms with Crippen molar-refractivity contribution in [3.8, 4) is 0 Å². The van der Waals surface area contributed by atoms with Crippen molar-refractivity contribution in [3.63, 3.8) is 0 Å². The third-order valence-corrected chi connectivity index (χ3v) is 2.71. The van der Waals surface area contributed by atoms with Crippen molar-refractivity contribution in [1.82, 2.24) is 4.98 Å². The van der Waals surface area contributed by atoms with Crippen LogP contribution >= 0.6 is 12.6 Å². The van der Waals surface area contributed by atoms with Gasteiger partial charge in [-0.2, -0.15) is 0 Å². The topological polar surface area (TPSA) is 12.9 Å². The predicted octanol–water partition coefficient (Wildman–Crippen LogP) is 3.45. The smallest absolute Gasteiger partial charge is 0.0841 e. The number of fused-ring (bicyclic) bond motifs is 1. The highest BCUT2D eigenvalue weighted by atomic mass is 32.1. The van der Waals surface area contributed by atoms with Crippen LogP contribution in [0.2, 0.25) is 0 Å². The standard InChI is InChI=1S/C12H13NS/c1-7-4-10-8(2)6-9(3)13-12(10)11(14)5-7/h4-6,14H,1-3H3. The molecular formula is C12H13NS. The molecule has 0 amide bonds. The fourth-order valence-corrected chi connectivity index (χ4v) is 2.15. The SMILES string of the molecule is Cc1cc(S)c2nc(C)cc(C)c2c1. The number of benzene rings is 1. The van der Waals surface area contributed by atoms with Crippen LogP contribution in [0.1, 0.15) is 16.8 Å². The highest BCUT2D eigenvalue weighted by Gasteiger charge is 2.04. The van der Waals surface area contributed by atoms with E-state index in [1.165, 1.54) is 16.5 Å². The summed E-state index contributed by atoms with van der Waals surface area (Å²) in [4.78, 5) is 5.47. The van der Waals surface area contributed by atoms with E-state index >= 15 is 0 Å². The molecule has 14 heavy (non-hydrogen) atoms. The summed E-state index contributed by atoms with van der Waals surface area (Å²) < 4.78 is 0. The van der Waals surface area contributed by atoms with Crippen LogP contribution < -0.4 is 0 Å². The molecule has 72 valence electrons. The lowest BCUT2D eigenvalue weighted by molar-refractivity contribution is 1.21. The van der Waals surface area contributed by atoms with Crippen molar-refractivity contribution < 1.29 is 0 Å². The molecule has 1 heterocycles. The molecular weight excluding hydrogens is 190 g/mol. The van der Waals surface area contributed by atoms with Gasteiger partial charge in [-0.1, -0.05) is 0 Å². The monoisotopic (exact) mass is 203 g/mol. The average molecular weight is 203 g/mol. The minimum Gasteiger partial charge on any atom is -0.252 e. The first kappa shape index (κ1) is 9.53. The second kappa shape index (κ2) is 3.28. The molecule has 0 fully saturated rings. The van der Waals surface area contributed by atoms with E-state index in [-0.39, 0.29) is 0 Å². The predicted molar refractivity (Wildman–Crippen MR) is 63.2 cm³/mol. The van der Waals surface area contributed by atoms with Gasteiger partial charge in [0.15, 0.2) is 0 Å². The minimum absolute atomic E-state index is 0.965. The van der Waals surface area contributed by atoms with Crippen molar-refractivity contribution in [2.45, 2.75) is 25.7 Å². The van der Waals surface area contributed by atoms with Gasteiger partial charge in [-0.25, -0.2) is 0 Å². The van der Waals surface area contributed by atoms with Crippen LogP contribution in [-0.4, -0.2) is 4.98 Å². The first-order valence-electron chi connectivity index (χ1n) is 4.65. The Morgan fingerprint density at radius 3 is 2.50 bits per heavy atom. The van der Waals surface area contributed by atoms with Crippen LogP contribution in [0.15, 0.2) is 23.1 Å². The Morgan fingerprint density at radius 2 is 1.79 bits per heavy atom. The van der Waals surface area contributed by atoms with Crippen molar-refractivity contribution in [2.24, 2.45) is 0 Å². The molecule has 0 N–H and O–H groups in total. The third kappa shape index (κ3) is 1.50. The number of pyridine rings is 1. The lowest BCUT2D eigenvalue weighted by Crippen LogP contribution is -1.89. The number of hydrogen-bond donors (Lipinski definition) is 1. The fraction of sp³-hybridized carbons (Fsp3) is 0.250. The molecule has 2 rings (SSSR count). The van der Waals surface area contributed by atoms with Gasteiger partial charge in [-0.3, -0.25) is 4.98 Å². The fourth-order valence-electron chi connectivity index (χ4n) is 1.78. The van der Waals surface area contributed by atoms with E-state index in [0.717, 1.165) is 16.1 Å². The third-order valence-electron chi connectivity index (χ3n) is 2.37. The van der Waals surface area contributed by atoms with Crippen LogP contribution in [0.3, 0.4) is 0 Å². The van der Waals surface area contributed by atoms with Crippen molar-refractivity contribution in [1.29, 1.82) is 0 Å². The maximum Gasteiger partial charge on any atom is 0.0841 e. The van der Waals surface area contributed by atoms with Gasteiger partial charge >= 0.3 is 0 Å². The van der Waals surface area contributed by atoms with Gasteiger partial charge in [0.05, 0.1) is 5.52 Å². The van der Waals surface area contributed by atoms with E-state index in [2.05, 4.69) is 49.7 Å². The summed E-state index contributed by atoms with van der Waals surface area (Å²) in [5.41, 5.74) is 4.56. The number of rotatable bonds is 0. The van der Waals surface area contributed by atoms with Gasteiger partial charge in [0, 0.05) is 16.0 Å². The summed E-state index contributed by atoms with van der Waals surface area (Å²) in [5.74, 6) is 0. The highest BCUT2D eigenvalue weighted by Crippen LogP contribution is 2.25. The van der Waals surface area contributed by atoms with Crippen LogP contribution in [0.25, 0.3) is 10.9 Å². The average Bonchev–Trinajstić information content (AvgIpc) is 2.07. The zero-order valence-corrected chi connectivity index (χ0v) is 9.52. The molecule has 0 saturated carbocycles. The van der Waals surface area contributed by atoms with E-state index in [4.69, 9.17) is 0 Å². The lowest BCUT2D eigenvalue weighted by Gasteiger charge is -2.07. The summed E-state index contributed by atoms with van der Waals surface area (Å²) >= 11 is 4.45. The molecule has 2 heteroatoms. The molecule has 0 saturated heterocycles. The van der Waals surface area contributed by atoms with Crippen molar-refractivity contribution in [2.75, 3.05) is 0 Å². The van der Waals surface area contributed by atoms with Crippen LogP contribution in [0.4, 0.5) is 0 Å². The lowest BCUT2D eigenvalue weighted by atomic mass is 10.1. The van der Waals surface area contributed by atoms with Gasteiger partial charge in [-0.15, -0.1) is 12.6 Å². The van der Waals surface area contributed by atoms with E-state index < -0.39 is 0 Å².